The Labute approximate surface area is 122 Å². The third-order valence-corrected chi connectivity index (χ3v) is 2.90. The molecule has 0 spiro atoms. The number of aliphatic carboxylic acids is 1. The summed E-state index contributed by atoms with van der Waals surface area (Å²) in [7, 11) is 2.93. The molecule has 7 nitrogen and oxygen atoms in total. The van der Waals surface area contributed by atoms with Gasteiger partial charge in [0.05, 0.1) is 11.3 Å². The Kier molecular flexibility index (Phi) is 6.17. The van der Waals surface area contributed by atoms with Crippen molar-refractivity contribution in [2.24, 2.45) is 0 Å². The maximum atomic E-state index is 12.1. The van der Waals surface area contributed by atoms with Gasteiger partial charge < -0.3 is 15.2 Å². The summed E-state index contributed by atoms with van der Waals surface area (Å²) in [6.07, 6.45) is 0.158. The van der Waals surface area contributed by atoms with Crippen molar-refractivity contribution in [3.05, 3.63) is 29.8 Å². The Hall–Kier alpha value is -2.59. The predicted molar refractivity (Wildman–Crippen MR) is 76.0 cm³/mol. The number of anilines is 1. The van der Waals surface area contributed by atoms with E-state index in [4.69, 9.17) is 15.1 Å². The van der Waals surface area contributed by atoms with Gasteiger partial charge in [0, 0.05) is 27.2 Å². The number of rotatable bonds is 6. The first-order valence-electron chi connectivity index (χ1n) is 6.26. The molecule has 1 rings (SSSR count). The summed E-state index contributed by atoms with van der Waals surface area (Å²) in [5, 5.41) is 20.5. The lowest BCUT2D eigenvalue weighted by Crippen LogP contribution is -2.47. The average molecular weight is 291 g/mol. The van der Waals surface area contributed by atoms with E-state index < -0.39 is 18.0 Å². The minimum atomic E-state index is -1.14. The van der Waals surface area contributed by atoms with Gasteiger partial charge in [-0.2, -0.15) is 5.26 Å². The maximum Gasteiger partial charge on any atom is 0.326 e. The van der Waals surface area contributed by atoms with Gasteiger partial charge >= 0.3 is 12.0 Å². The van der Waals surface area contributed by atoms with E-state index in [1.54, 1.807) is 24.3 Å². The molecule has 2 N–H and O–H groups in total. The second kappa shape index (κ2) is 7.87. The molecule has 1 atom stereocenters. The van der Waals surface area contributed by atoms with Crippen LogP contribution in [0.15, 0.2) is 24.3 Å². The lowest BCUT2D eigenvalue weighted by Gasteiger charge is -2.22. The number of para-hydroxylation sites is 1. The number of methoxy groups -OCH3 is 1. The summed E-state index contributed by atoms with van der Waals surface area (Å²) in [6.45, 7) is 0.218. The van der Waals surface area contributed by atoms with Crippen LogP contribution in [0.5, 0.6) is 0 Å². The fourth-order valence-corrected chi connectivity index (χ4v) is 1.71. The normalized spacial score (nSPS) is 11.3. The molecule has 7 heteroatoms. The number of nitrogens with zero attached hydrogens (tertiary/aromatic N) is 2. The number of benzene rings is 1. The third-order valence-electron chi connectivity index (χ3n) is 2.90. The number of carboxylic acid groups (broad SMARTS) is 1. The van der Waals surface area contributed by atoms with Crippen LogP contribution in [0.4, 0.5) is 10.5 Å². The number of carboxylic acids is 1. The summed E-state index contributed by atoms with van der Waals surface area (Å²) < 4.78 is 4.81. The van der Waals surface area contributed by atoms with Gasteiger partial charge in [-0.3, -0.25) is 4.90 Å². The Morgan fingerprint density at radius 1 is 1.48 bits per heavy atom. The van der Waals surface area contributed by atoms with Crippen LogP contribution in [-0.4, -0.2) is 43.9 Å². The molecule has 0 saturated carbocycles. The van der Waals surface area contributed by atoms with E-state index in [2.05, 4.69) is 5.32 Å². The molecule has 0 radical (unpaired) electrons. The largest absolute Gasteiger partial charge is 0.480 e. The van der Waals surface area contributed by atoms with E-state index in [1.165, 1.54) is 19.1 Å². The predicted octanol–water partition coefficient (Wildman–Crippen LogP) is 1.19. The highest BCUT2D eigenvalue weighted by Gasteiger charge is 2.22. The van der Waals surface area contributed by atoms with Crippen molar-refractivity contribution < 1.29 is 19.4 Å². The Bertz CT molecular complexity index is 553. The van der Waals surface area contributed by atoms with Crippen molar-refractivity contribution in [1.29, 1.82) is 5.26 Å². The first-order chi connectivity index (χ1) is 10.0. The molecule has 0 aliphatic carbocycles. The van der Waals surface area contributed by atoms with Crippen LogP contribution >= 0.6 is 0 Å². The molecule has 21 heavy (non-hydrogen) atoms. The third kappa shape index (κ3) is 4.47. The fourth-order valence-electron chi connectivity index (χ4n) is 1.71. The highest BCUT2D eigenvalue weighted by Crippen LogP contribution is 2.18. The van der Waals surface area contributed by atoms with Crippen molar-refractivity contribution in [3.63, 3.8) is 0 Å². The van der Waals surface area contributed by atoms with Crippen LogP contribution in [-0.2, 0) is 9.53 Å². The minimum Gasteiger partial charge on any atom is -0.480 e. The molecule has 0 saturated heterocycles. The summed E-state index contributed by atoms with van der Waals surface area (Å²) in [5.41, 5.74) is 0.743. The standard InChI is InChI=1S/C14H17N3O4/c1-17(12-6-4-3-5-10(12)9-15)14(20)16-11(13(18)19)7-8-21-2/h3-6,11H,7-8H2,1-2H3,(H,16,20)(H,18,19). The molecule has 1 unspecified atom stereocenters. The first-order valence-corrected chi connectivity index (χ1v) is 6.26. The number of hydrogen-bond donors (Lipinski definition) is 2. The zero-order chi connectivity index (χ0) is 15.8. The van der Waals surface area contributed by atoms with Crippen molar-refractivity contribution in [2.75, 3.05) is 25.7 Å². The number of nitrogens with one attached hydrogen (secondary N) is 1. The van der Waals surface area contributed by atoms with E-state index in [1.807, 2.05) is 6.07 Å². The van der Waals surface area contributed by atoms with E-state index in [0.717, 1.165) is 0 Å². The Morgan fingerprint density at radius 3 is 2.71 bits per heavy atom. The number of carbonyl (C=O) groups excluding carboxylic acids is 1. The molecule has 0 aliphatic rings. The number of hydrogen-bond acceptors (Lipinski definition) is 4. The lowest BCUT2D eigenvalue weighted by molar-refractivity contribution is -0.139. The quantitative estimate of drug-likeness (QED) is 0.819. The molecule has 0 aliphatic heterocycles. The molecule has 0 fully saturated rings. The summed E-state index contributed by atoms with van der Waals surface area (Å²) in [4.78, 5) is 24.4. The van der Waals surface area contributed by atoms with Gasteiger partial charge in [-0.05, 0) is 12.1 Å². The molecule has 112 valence electrons. The summed E-state index contributed by atoms with van der Waals surface area (Å²) in [5.74, 6) is -1.14. The van der Waals surface area contributed by atoms with Crippen LogP contribution in [0, 0.1) is 11.3 Å². The van der Waals surface area contributed by atoms with Gasteiger partial charge in [-0.1, -0.05) is 12.1 Å². The molecule has 0 aromatic heterocycles. The van der Waals surface area contributed by atoms with Crippen LogP contribution < -0.4 is 10.2 Å². The zero-order valence-electron chi connectivity index (χ0n) is 11.9. The van der Waals surface area contributed by atoms with Crippen molar-refractivity contribution >= 4 is 17.7 Å². The van der Waals surface area contributed by atoms with Crippen molar-refractivity contribution in [3.8, 4) is 6.07 Å². The average Bonchev–Trinajstić information content (AvgIpc) is 2.49. The smallest absolute Gasteiger partial charge is 0.326 e. The number of amides is 2. The van der Waals surface area contributed by atoms with Crippen LogP contribution in [0.2, 0.25) is 0 Å². The Balaban J connectivity index is 2.82. The van der Waals surface area contributed by atoms with E-state index >= 15 is 0 Å². The summed E-state index contributed by atoms with van der Waals surface area (Å²) in [6, 6.07) is 6.92. The van der Waals surface area contributed by atoms with Crippen LogP contribution in [0.1, 0.15) is 12.0 Å². The topological polar surface area (TPSA) is 103 Å². The fraction of sp³-hybridized carbons (Fsp3) is 0.357. The molecule has 1 aromatic carbocycles. The molecule has 0 bridgehead atoms. The SMILES string of the molecule is COCCC(NC(=O)N(C)c1ccccc1C#N)C(=O)O. The second-order valence-corrected chi connectivity index (χ2v) is 4.31. The van der Waals surface area contributed by atoms with Gasteiger partial charge in [0.25, 0.3) is 0 Å². The van der Waals surface area contributed by atoms with E-state index in [9.17, 15) is 9.59 Å². The minimum absolute atomic E-state index is 0.158. The molecule has 1 aromatic rings. The van der Waals surface area contributed by atoms with Gasteiger partial charge in [-0.25, -0.2) is 9.59 Å². The van der Waals surface area contributed by atoms with E-state index in [-0.39, 0.29) is 13.0 Å². The van der Waals surface area contributed by atoms with Crippen LogP contribution in [0.25, 0.3) is 0 Å². The summed E-state index contributed by atoms with van der Waals surface area (Å²) >= 11 is 0. The monoisotopic (exact) mass is 291 g/mol. The highest BCUT2D eigenvalue weighted by atomic mass is 16.5. The van der Waals surface area contributed by atoms with Gasteiger partial charge in [-0.15, -0.1) is 0 Å². The van der Waals surface area contributed by atoms with Crippen molar-refractivity contribution in [1.82, 2.24) is 5.32 Å². The number of urea groups is 1. The van der Waals surface area contributed by atoms with E-state index in [0.29, 0.717) is 11.3 Å². The highest BCUT2D eigenvalue weighted by molar-refractivity contribution is 5.95. The first kappa shape index (κ1) is 16.5. The Morgan fingerprint density at radius 2 is 2.14 bits per heavy atom. The number of nitriles is 1. The van der Waals surface area contributed by atoms with Gasteiger partial charge in [0.2, 0.25) is 0 Å². The second-order valence-electron chi connectivity index (χ2n) is 4.31. The molecular formula is C14H17N3O4. The molecule has 2 amide bonds. The van der Waals surface area contributed by atoms with Gasteiger partial charge in [0.15, 0.2) is 0 Å². The number of carbonyl (C=O) groups is 2. The van der Waals surface area contributed by atoms with Gasteiger partial charge in [0.1, 0.15) is 12.1 Å². The van der Waals surface area contributed by atoms with Crippen LogP contribution in [0.3, 0.4) is 0 Å². The lowest BCUT2D eigenvalue weighted by atomic mass is 10.2. The molecule has 0 heterocycles. The van der Waals surface area contributed by atoms with Crippen molar-refractivity contribution in [2.45, 2.75) is 12.5 Å². The number of ether oxygens (including phenoxy) is 1. The zero-order valence-corrected chi connectivity index (χ0v) is 11.9. The maximum absolute atomic E-state index is 12.1. The molecular weight excluding hydrogens is 274 g/mol.